The van der Waals surface area contributed by atoms with Crippen molar-refractivity contribution < 1.29 is 22.3 Å². The van der Waals surface area contributed by atoms with Gasteiger partial charge < -0.3 is 14.5 Å². The average molecular weight is 470 g/mol. The van der Waals surface area contributed by atoms with Crippen LogP contribution in [-0.4, -0.2) is 20.9 Å². The molecule has 1 aliphatic rings. The molecule has 33 heavy (non-hydrogen) atoms. The average Bonchev–Trinajstić information content (AvgIpc) is 3.23. The zero-order chi connectivity index (χ0) is 23.0. The molecule has 2 aromatic heterocycles. The van der Waals surface area contributed by atoms with Gasteiger partial charge in [0.05, 0.1) is 5.56 Å². The Morgan fingerprint density at radius 1 is 1.03 bits per heavy atom. The number of nitrogens with one attached hydrogen (secondary N) is 1. The molecule has 0 unspecified atom stereocenters. The molecule has 1 N–H and O–H groups in total. The van der Waals surface area contributed by atoms with Gasteiger partial charge in [-0.15, -0.1) is 10.2 Å². The molecule has 6 nitrogen and oxygen atoms in total. The fourth-order valence-electron chi connectivity index (χ4n) is 3.46. The molecule has 1 atom stereocenters. The van der Waals surface area contributed by atoms with Gasteiger partial charge in [0.25, 0.3) is 0 Å². The minimum Gasteiger partial charge on any atom is -0.455 e. The van der Waals surface area contributed by atoms with E-state index in [-0.39, 0.29) is 0 Å². The quantitative estimate of drug-likeness (QED) is 0.345. The Labute approximate surface area is 191 Å². The SMILES string of the molecule is CCSc1nnc2c(n1)O[C@@H](c1ccc(-c3cccc(C(F)(F)F)c3)o1)Nc1ccccc1-2. The number of hydrogen-bond donors (Lipinski definition) is 1. The number of aromatic nitrogens is 3. The number of anilines is 1. The van der Waals surface area contributed by atoms with Crippen LogP contribution in [0, 0.1) is 0 Å². The van der Waals surface area contributed by atoms with Gasteiger partial charge in [-0.05, 0) is 36.1 Å². The van der Waals surface area contributed by atoms with Gasteiger partial charge in [0, 0.05) is 16.8 Å². The van der Waals surface area contributed by atoms with Crippen LogP contribution in [0.2, 0.25) is 0 Å². The van der Waals surface area contributed by atoms with E-state index in [0.717, 1.165) is 29.1 Å². The summed E-state index contributed by atoms with van der Waals surface area (Å²) in [5, 5.41) is 12.2. The minimum atomic E-state index is -4.44. The lowest BCUT2D eigenvalue weighted by Gasteiger charge is -2.16. The molecule has 0 bridgehead atoms. The maximum Gasteiger partial charge on any atom is 0.416 e. The second kappa shape index (κ2) is 8.43. The number of benzene rings is 2. The van der Waals surface area contributed by atoms with Crippen molar-refractivity contribution >= 4 is 17.4 Å². The molecular weight excluding hydrogens is 453 g/mol. The molecule has 0 fully saturated rings. The first-order valence-corrected chi connectivity index (χ1v) is 11.1. The van der Waals surface area contributed by atoms with Crippen LogP contribution in [0.25, 0.3) is 22.6 Å². The van der Waals surface area contributed by atoms with E-state index in [2.05, 4.69) is 20.5 Å². The van der Waals surface area contributed by atoms with Crippen LogP contribution >= 0.6 is 11.8 Å². The van der Waals surface area contributed by atoms with Gasteiger partial charge in [0.2, 0.25) is 17.3 Å². The van der Waals surface area contributed by atoms with E-state index < -0.39 is 18.0 Å². The third kappa shape index (κ3) is 4.25. The number of thioether (sulfide) groups is 1. The molecule has 10 heteroatoms. The lowest BCUT2D eigenvalue weighted by molar-refractivity contribution is -0.137. The molecule has 0 radical (unpaired) electrons. The van der Waals surface area contributed by atoms with Crippen molar-refractivity contribution in [2.45, 2.75) is 24.5 Å². The third-order valence-electron chi connectivity index (χ3n) is 4.97. The molecule has 0 spiro atoms. The molecule has 168 valence electrons. The van der Waals surface area contributed by atoms with Crippen molar-refractivity contribution in [3.63, 3.8) is 0 Å². The Morgan fingerprint density at radius 2 is 1.88 bits per heavy atom. The first-order chi connectivity index (χ1) is 15.9. The standard InChI is InChI=1S/C23H17F3N4O2S/c1-2-33-22-28-21-19(29-30-22)15-8-3-4-9-16(15)27-20(32-21)18-11-10-17(31-18)13-6-5-7-14(12-13)23(24,25)26/h3-12,20,27H,2H2,1H3/t20-/m0/s1. The van der Waals surface area contributed by atoms with E-state index in [1.54, 1.807) is 18.2 Å². The summed E-state index contributed by atoms with van der Waals surface area (Å²) >= 11 is 1.44. The Morgan fingerprint density at radius 3 is 2.70 bits per heavy atom. The molecule has 0 saturated heterocycles. The molecule has 0 amide bonds. The van der Waals surface area contributed by atoms with E-state index in [0.29, 0.717) is 33.8 Å². The zero-order valence-electron chi connectivity index (χ0n) is 17.3. The van der Waals surface area contributed by atoms with E-state index in [1.165, 1.54) is 17.8 Å². The normalized spacial score (nSPS) is 15.1. The maximum absolute atomic E-state index is 13.1. The Kier molecular flexibility index (Phi) is 5.45. The van der Waals surface area contributed by atoms with Crippen molar-refractivity contribution in [1.82, 2.24) is 15.2 Å². The van der Waals surface area contributed by atoms with Crippen LogP contribution in [-0.2, 0) is 6.18 Å². The second-order valence-electron chi connectivity index (χ2n) is 7.15. The lowest BCUT2D eigenvalue weighted by Crippen LogP contribution is -2.16. The van der Waals surface area contributed by atoms with Gasteiger partial charge >= 0.3 is 6.18 Å². The number of furan rings is 1. The van der Waals surface area contributed by atoms with Crippen molar-refractivity contribution in [1.29, 1.82) is 0 Å². The van der Waals surface area contributed by atoms with Gasteiger partial charge in [0.1, 0.15) is 5.76 Å². The highest BCUT2D eigenvalue weighted by molar-refractivity contribution is 7.99. The Hall–Kier alpha value is -3.53. The van der Waals surface area contributed by atoms with Gasteiger partial charge in [-0.3, -0.25) is 0 Å². The lowest BCUT2D eigenvalue weighted by atomic mass is 10.1. The second-order valence-corrected chi connectivity index (χ2v) is 8.38. The molecule has 3 heterocycles. The predicted octanol–water partition coefficient (Wildman–Crippen LogP) is 6.43. The van der Waals surface area contributed by atoms with Crippen molar-refractivity contribution in [2.75, 3.05) is 11.1 Å². The summed E-state index contributed by atoms with van der Waals surface area (Å²) < 4.78 is 51.4. The minimum absolute atomic E-state index is 0.292. The number of fused-ring (bicyclic) bond motifs is 3. The van der Waals surface area contributed by atoms with E-state index in [9.17, 15) is 13.2 Å². The van der Waals surface area contributed by atoms with Gasteiger partial charge in [-0.1, -0.05) is 49.0 Å². The van der Waals surface area contributed by atoms with Gasteiger partial charge in [0.15, 0.2) is 11.5 Å². The Balaban J connectivity index is 1.52. The third-order valence-corrected chi connectivity index (χ3v) is 5.69. The van der Waals surface area contributed by atoms with E-state index >= 15 is 0 Å². The number of nitrogens with zero attached hydrogens (tertiary/aromatic N) is 3. The Bertz CT molecular complexity index is 1310. The summed E-state index contributed by atoms with van der Waals surface area (Å²) in [6, 6.07) is 15.8. The fraction of sp³-hybridized carbons (Fsp3) is 0.174. The number of hydrogen-bond acceptors (Lipinski definition) is 7. The molecule has 2 aromatic carbocycles. The maximum atomic E-state index is 13.1. The molecule has 0 saturated carbocycles. The van der Waals surface area contributed by atoms with Crippen molar-refractivity contribution in [3.05, 3.63) is 72.0 Å². The monoisotopic (exact) mass is 470 g/mol. The summed E-state index contributed by atoms with van der Waals surface area (Å²) in [6.45, 7) is 1.98. The summed E-state index contributed by atoms with van der Waals surface area (Å²) in [7, 11) is 0. The van der Waals surface area contributed by atoms with Crippen molar-refractivity contribution in [2.24, 2.45) is 0 Å². The predicted molar refractivity (Wildman–Crippen MR) is 118 cm³/mol. The first-order valence-electron chi connectivity index (χ1n) is 10.1. The smallest absolute Gasteiger partial charge is 0.416 e. The molecule has 0 aliphatic carbocycles. The summed E-state index contributed by atoms with van der Waals surface area (Å²) in [5.41, 5.74) is 1.58. The summed E-state index contributed by atoms with van der Waals surface area (Å²) in [6.07, 6.45) is -5.21. The number of halogens is 3. The highest BCUT2D eigenvalue weighted by Crippen LogP contribution is 2.40. The largest absolute Gasteiger partial charge is 0.455 e. The van der Waals surface area contributed by atoms with E-state index in [4.69, 9.17) is 9.15 Å². The van der Waals surface area contributed by atoms with Gasteiger partial charge in [-0.25, -0.2) is 0 Å². The van der Waals surface area contributed by atoms with Crippen molar-refractivity contribution in [3.8, 4) is 28.5 Å². The van der Waals surface area contributed by atoms with Crippen LogP contribution in [0.15, 0.2) is 70.2 Å². The molecule has 4 aromatic rings. The zero-order valence-corrected chi connectivity index (χ0v) is 18.1. The highest BCUT2D eigenvalue weighted by Gasteiger charge is 2.31. The topological polar surface area (TPSA) is 73.1 Å². The number of rotatable bonds is 4. The summed E-state index contributed by atoms with van der Waals surface area (Å²) in [5.74, 6) is 1.74. The van der Waals surface area contributed by atoms with Crippen LogP contribution < -0.4 is 10.1 Å². The van der Waals surface area contributed by atoms with Crippen LogP contribution in [0.5, 0.6) is 5.88 Å². The first kappa shape index (κ1) is 21.3. The number of alkyl halides is 3. The molecular formula is C23H17F3N4O2S. The molecule has 5 rings (SSSR count). The fourth-order valence-corrected chi connectivity index (χ4v) is 3.97. The summed E-state index contributed by atoms with van der Waals surface area (Å²) in [4.78, 5) is 4.50. The highest BCUT2D eigenvalue weighted by atomic mass is 32.2. The van der Waals surface area contributed by atoms with Gasteiger partial charge in [-0.2, -0.15) is 18.2 Å². The number of ether oxygens (including phenoxy) is 1. The van der Waals surface area contributed by atoms with Crippen LogP contribution in [0.1, 0.15) is 24.5 Å². The molecule has 1 aliphatic heterocycles. The van der Waals surface area contributed by atoms with Crippen LogP contribution in [0.4, 0.5) is 18.9 Å². The van der Waals surface area contributed by atoms with E-state index in [1.807, 2.05) is 31.2 Å². The number of para-hydroxylation sites is 1. The van der Waals surface area contributed by atoms with Crippen LogP contribution in [0.3, 0.4) is 0 Å².